The molecule has 0 aromatic rings. The first-order valence-corrected chi connectivity index (χ1v) is 4.74. The lowest BCUT2D eigenvalue weighted by Crippen LogP contribution is -2.22. The van der Waals surface area contributed by atoms with Crippen LogP contribution in [0, 0.1) is 5.92 Å². The lowest BCUT2D eigenvalue weighted by molar-refractivity contribution is 0.144. The van der Waals surface area contributed by atoms with E-state index in [-0.39, 0.29) is 6.10 Å². The van der Waals surface area contributed by atoms with E-state index in [1.807, 2.05) is 13.0 Å². The molecule has 1 nitrogen and oxygen atoms in total. The average Bonchev–Trinajstić information content (AvgIpc) is 1.96. The lowest BCUT2D eigenvalue weighted by atomic mass is 9.86. The van der Waals surface area contributed by atoms with Crippen molar-refractivity contribution in [2.75, 3.05) is 0 Å². The molecule has 0 heterocycles. The third-order valence-corrected chi connectivity index (χ3v) is 2.50. The predicted molar refractivity (Wildman–Crippen MR) is 51.9 cm³/mol. The standard InChI is InChI=1S/C11H18O/c1-3-4-6-9(2)11(12)10-7-5-8-10/h3-4,7,9,11-12H,5-6,8H2,1-2H3. The zero-order valence-corrected chi connectivity index (χ0v) is 7.96. The highest BCUT2D eigenvalue weighted by atomic mass is 16.3. The van der Waals surface area contributed by atoms with Crippen molar-refractivity contribution in [2.45, 2.75) is 39.2 Å². The van der Waals surface area contributed by atoms with E-state index in [0.717, 1.165) is 19.3 Å². The molecule has 0 bridgehead atoms. The van der Waals surface area contributed by atoms with E-state index in [1.54, 1.807) is 0 Å². The Hall–Kier alpha value is -0.560. The third kappa shape index (κ3) is 2.21. The van der Waals surface area contributed by atoms with E-state index in [2.05, 4.69) is 19.1 Å². The zero-order chi connectivity index (χ0) is 8.97. The van der Waals surface area contributed by atoms with Crippen molar-refractivity contribution in [3.63, 3.8) is 0 Å². The first-order valence-electron chi connectivity index (χ1n) is 4.74. The quantitative estimate of drug-likeness (QED) is 0.637. The molecular formula is C11H18O. The highest BCUT2D eigenvalue weighted by Crippen LogP contribution is 2.27. The van der Waals surface area contributed by atoms with E-state index < -0.39 is 0 Å². The van der Waals surface area contributed by atoms with Crippen molar-refractivity contribution in [1.29, 1.82) is 0 Å². The Morgan fingerprint density at radius 1 is 1.67 bits per heavy atom. The molecule has 0 fully saturated rings. The van der Waals surface area contributed by atoms with Crippen molar-refractivity contribution < 1.29 is 5.11 Å². The lowest BCUT2D eigenvalue weighted by Gasteiger charge is -2.25. The summed E-state index contributed by atoms with van der Waals surface area (Å²) in [5.41, 5.74) is 1.24. The molecular weight excluding hydrogens is 148 g/mol. The molecule has 1 N–H and O–H groups in total. The van der Waals surface area contributed by atoms with Crippen LogP contribution in [0.3, 0.4) is 0 Å². The number of allylic oxidation sites excluding steroid dienone is 3. The Morgan fingerprint density at radius 3 is 2.75 bits per heavy atom. The van der Waals surface area contributed by atoms with Crippen LogP contribution in [-0.2, 0) is 0 Å². The van der Waals surface area contributed by atoms with E-state index in [1.165, 1.54) is 5.57 Å². The van der Waals surface area contributed by atoms with Gasteiger partial charge in [-0.1, -0.05) is 25.2 Å². The van der Waals surface area contributed by atoms with Crippen LogP contribution >= 0.6 is 0 Å². The largest absolute Gasteiger partial charge is 0.388 e. The van der Waals surface area contributed by atoms with Gasteiger partial charge in [-0.2, -0.15) is 0 Å². The second kappa shape index (κ2) is 4.46. The fourth-order valence-electron chi connectivity index (χ4n) is 1.42. The van der Waals surface area contributed by atoms with Gasteiger partial charge < -0.3 is 5.11 Å². The van der Waals surface area contributed by atoms with Crippen LogP contribution in [-0.4, -0.2) is 11.2 Å². The molecule has 1 rings (SSSR count). The molecule has 2 atom stereocenters. The van der Waals surface area contributed by atoms with Gasteiger partial charge in [0.05, 0.1) is 6.10 Å². The van der Waals surface area contributed by atoms with Crippen LogP contribution in [0.2, 0.25) is 0 Å². The maximum absolute atomic E-state index is 9.76. The number of aliphatic hydroxyl groups is 1. The molecule has 0 aromatic carbocycles. The highest BCUT2D eigenvalue weighted by molar-refractivity contribution is 5.17. The van der Waals surface area contributed by atoms with Gasteiger partial charge in [-0.25, -0.2) is 0 Å². The molecule has 1 aliphatic rings. The highest BCUT2D eigenvalue weighted by Gasteiger charge is 2.20. The number of hydrogen-bond donors (Lipinski definition) is 1. The molecule has 0 amide bonds. The molecule has 2 unspecified atom stereocenters. The van der Waals surface area contributed by atoms with Crippen LogP contribution in [0.15, 0.2) is 23.8 Å². The maximum Gasteiger partial charge on any atom is 0.0778 e. The van der Waals surface area contributed by atoms with E-state index >= 15 is 0 Å². The number of hydrogen-bond acceptors (Lipinski definition) is 1. The average molecular weight is 166 g/mol. The Labute approximate surface area is 74.8 Å². The van der Waals surface area contributed by atoms with Gasteiger partial charge in [-0.3, -0.25) is 0 Å². The van der Waals surface area contributed by atoms with Crippen LogP contribution < -0.4 is 0 Å². The fraction of sp³-hybridized carbons (Fsp3) is 0.636. The molecule has 0 saturated heterocycles. The summed E-state index contributed by atoms with van der Waals surface area (Å²) in [7, 11) is 0. The normalized spacial score (nSPS) is 21.8. The van der Waals surface area contributed by atoms with Gasteiger partial charge in [0.2, 0.25) is 0 Å². The van der Waals surface area contributed by atoms with Crippen LogP contribution in [0.25, 0.3) is 0 Å². The second-order valence-corrected chi connectivity index (χ2v) is 3.54. The van der Waals surface area contributed by atoms with Gasteiger partial charge in [0.1, 0.15) is 0 Å². The number of aliphatic hydroxyl groups excluding tert-OH is 1. The summed E-state index contributed by atoms with van der Waals surface area (Å²) in [4.78, 5) is 0. The molecule has 68 valence electrons. The predicted octanol–water partition coefficient (Wildman–Crippen LogP) is 2.67. The molecule has 0 aliphatic heterocycles. The van der Waals surface area contributed by atoms with Gasteiger partial charge in [-0.05, 0) is 37.7 Å². The maximum atomic E-state index is 9.76. The SMILES string of the molecule is CC=CCC(C)C(O)C1=CCC1. The van der Waals surface area contributed by atoms with E-state index in [0.29, 0.717) is 5.92 Å². The molecule has 1 heteroatoms. The molecule has 0 saturated carbocycles. The van der Waals surface area contributed by atoms with Gasteiger partial charge in [-0.15, -0.1) is 0 Å². The zero-order valence-electron chi connectivity index (χ0n) is 7.96. The van der Waals surface area contributed by atoms with Crippen molar-refractivity contribution >= 4 is 0 Å². The molecule has 1 aliphatic carbocycles. The second-order valence-electron chi connectivity index (χ2n) is 3.54. The van der Waals surface area contributed by atoms with Gasteiger partial charge in [0.15, 0.2) is 0 Å². The Morgan fingerprint density at radius 2 is 2.33 bits per heavy atom. The summed E-state index contributed by atoms with van der Waals surface area (Å²) >= 11 is 0. The Bertz CT molecular complexity index is 191. The fourth-order valence-corrected chi connectivity index (χ4v) is 1.42. The van der Waals surface area contributed by atoms with Crippen LogP contribution in [0.5, 0.6) is 0 Å². The summed E-state index contributed by atoms with van der Waals surface area (Å²) in [5.74, 6) is 0.368. The Balaban J connectivity index is 2.35. The molecule has 12 heavy (non-hydrogen) atoms. The van der Waals surface area contributed by atoms with Crippen molar-refractivity contribution in [2.24, 2.45) is 5.92 Å². The smallest absolute Gasteiger partial charge is 0.0778 e. The summed E-state index contributed by atoms with van der Waals surface area (Å²) in [6.45, 7) is 4.12. The third-order valence-electron chi connectivity index (χ3n) is 2.50. The number of rotatable bonds is 4. The van der Waals surface area contributed by atoms with E-state index in [4.69, 9.17) is 0 Å². The van der Waals surface area contributed by atoms with Gasteiger partial charge in [0, 0.05) is 0 Å². The monoisotopic (exact) mass is 166 g/mol. The minimum Gasteiger partial charge on any atom is -0.388 e. The van der Waals surface area contributed by atoms with Crippen LogP contribution in [0.1, 0.15) is 33.1 Å². The molecule has 0 spiro atoms. The van der Waals surface area contributed by atoms with Gasteiger partial charge in [0.25, 0.3) is 0 Å². The van der Waals surface area contributed by atoms with Crippen LogP contribution in [0.4, 0.5) is 0 Å². The van der Waals surface area contributed by atoms with Crippen molar-refractivity contribution in [1.82, 2.24) is 0 Å². The minimum atomic E-state index is -0.199. The molecule has 0 aromatic heterocycles. The van der Waals surface area contributed by atoms with Gasteiger partial charge >= 0.3 is 0 Å². The Kier molecular flexibility index (Phi) is 3.54. The van der Waals surface area contributed by atoms with Crippen molar-refractivity contribution in [3.05, 3.63) is 23.8 Å². The van der Waals surface area contributed by atoms with E-state index in [9.17, 15) is 5.11 Å². The summed E-state index contributed by atoms with van der Waals surface area (Å²) < 4.78 is 0. The first kappa shape index (κ1) is 9.53. The first-order chi connectivity index (χ1) is 5.75. The summed E-state index contributed by atoms with van der Waals surface area (Å²) in [5, 5.41) is 9.76. The summed E-state index contributed by atoms with van der Waals surface area (Å²) in [6.07, 6.45) is 9.34. The minimum absolute atomic E-state index is 0.199. The van der Waals surface area contributed by atoms with Crippen molar-refractivity contribution in [3.8, 4) is 0 Å². The topological polar surface area (TPSA) is 20.2 Å². The molecule has 0 radical (unpaired) electrons. The summed E-state index contributed by atoms with van der Waals surface area (Å²) in [6, 6.07) is 0.